The van der Waals surface area contributed by atoms with Gasteiger partial charge in [-0.05, 0) is 74.7 Å². The Morgan fingerprint density at radius 2 is 1.45 bits per heavy atom. The summed E-state index contributed by atoms with van der Waals surface area (Å²) in [5.41, 5.74) is 10.1. The van der Waals surface area contributed by atoms with E-state index in [1.807, 2.05) is 62.6 Å². The van der Waals surface area contributed by atoms with Crippen LogP contribution < -0.4 is 14.8 Å². The Morgan fingerprint density at radius 1 is 0.750 bits per heavy atom. The van der Waals surface area contributed by atoms with Crippen LogP contribution in [0.15, 0.2) is 106 Å². The van der Waals surface area contributed by atoms with Crippen LogP contribution in [0.5, 0.6) is 0 Å². The van der Waals surface area contributed by atoms with E-state index in [-0.39, 0.29) is 4.90 Å². The van der Waals surface area contributed by atoms with Crippen molar-refractivity contribution in [1.82, 2.24) is 4.58 Å². The number of hydrogen-bond acceptors (Lipinski definition) is 5. The molecule has 1 heterocycles. The summed E-state index contributed by atoms with van der Waals surface area (Å²) in [6.07, 6.45) is 0. The molecule has 0 saturated heterocycles. The predicted octanol–water partition coefficient (Wildman–Crippen LogP) is 7.84. The number of fused-ring (bicyclic) bond motifs is 2. The maximum Gasteiger partial charge on any atom is 0.209 e. The molecular weight excluding hydrogens is 568 g/mol. The van der Waals surface area contributed by atoms with Gasteiger partial charge in [0, 0.05) is 64.3 Å². The maximum absolute atomic E-state index is 12.4. The van der Waals surface area contributed by atoms with Crippen molar-refractivity contribution in [2.75, 3.05) is 19.0 Å². The highest BCUT2D eigenvalue weighted by Crippen LogP contribution is 2.43. The van der Waals surface area contributed by atoms with E-state index in [1.54, 1.807) is 18.2 Å². The zero-order valence-corrected chi connectivity index (χ0v) is 26.5. The first kappa shape index (κ1) is 29.4. The van der Waals surface area contributed by atoms with E-state index in [2.05, 4.69) is 61.4 Å². The molecule has 0 aromatic heterocycles. The van der Waals surface area contributed by atoms with Gasteiger partial charge in [0.15, 0.2) is 0 Å². The van der Waals surface area contributed by atoms with Crippen LogP contribution in [0.2, 0.25) is 0 Å². The minimum Gasteiger partial charge on any atom is -0.744 e. The summed E-state index contributed by atoms with van der Waals surface area (Å²) in [7, 11) is -0.718. The molecular formula is C37H34N2O4S. The van der Waals surface area contributed by atoms with E-state index in [0.717, 1.165) is 22.4 Å². The van der Waals surface area contributed by atoms with E-state index >= 15 is 0 Å². The van der Waals surface area contributed by atoms with Gasteiger partial charge in [-0.2, -0.15) is 4.58 Å². The highest BCUT2D eigenvalue weighted by molar-refractivity contribution is 7.85. The maximum atomic E-state index is 12.4. The number of aryl methyl sites for hydroxylation is 2. The van der Waals surface area contributed by atoms with E-state index in [4.69, 9.17) is 4.42 Å². The first-order valence-corrected chi connectivity index (χ1v) is 15.9. The second kappa shape index (κ2) is 11.1. The number of anilines is 2. The van der Waals surface area contributed by atoms with E-state index in [9.17, 15) is 13.0 Å². The van der Waals surface area contributed by atoms with Crippen molar-refractivity contribution in [3.05, 3.63) is 125 Å². The van der Waals surface area contributed by atoms with Gasteiger partial charge in [0.05, 0.1) is 11.0 Å². The van der Waals surface area contributed by atoms with E-state index < -0.39 is 10.1 Å². The van der Waals surface area contributed by atoms with E-state index in [0.29, 0.717) is 33.4 Å². The third-order valence-electron chi connectivity index (χ3n) is 8.76. The molecule has 1 aliphatic carbocycles. The summed E-state index contributed by atoms with van der Waals surface area (Å²) in [5.74, 6) is 0.576. The number of hydrogen-bond donors (Lipinski definition) is 0. The van der Waals surface area contributed by atoms with Crippen LogP contribution in [-0.4, -0.2) is 27.1 Å². The van der Waals surface area contributed by atoms with Gasteiger partial charge in [0.1, 0.15) is 28.5 Å². The lowest BCUT2D eigenvalue weighted by Gasteiger charge is -2.24. The van der Waals surface area contributed by atoms with Crippen molar-refractivity contribution < 1.29 is 17.4 Å². The van der Waals surface area contributed by atoms with Crippen molar-refractivity contribution in [3.63, 3.8) is 0 Å². The standard InChI is InChI=1S/C37H34N2O4S/c1-23-11-9-14-32(25(23)3)38(5)27-17-19-29-34(21-27)43-35-22-28(39(6)33-15-10-12-24(2)26(33)4)18-20-30(35)37(29)31-13-7-8-16-36(31)44(40,41)42/h7-22H,1-6H3. The second-order valence-corrected chi connectivity index (χ2v) is 12.7. The summed E-state index contributed by atoms with van der Waals surface area (Å²) in [5, 5.41) is 1.62. The van der Waals surface area contributed by atoms with Gasteiger partial charge < -0.3 is 13.9 Å². The molecule has 4 aromatic carbocycles. The summed E-state index contributed by atoms with van der Waals surface area (Å²) >= 11 is 0. The van der Waals surface area contributed by atoms with Gasteiger partial charge in [-0.25, -0.2) is 8.42 Å². The van der Waals surface area contributed by atoms with Gasteiger partial charge >= 0.3 is 0 Å². The molecule has 0 amide bonds. The van der Waals surface area contributed by atoms with Crippen LogP contribution >= 0.6 is 0 Å². The smallest absolute Gasteiger partial charge is 0.209 e. The lowest BCUT2D eigenvalue weighted by molar-refractivity contribution is 0.463. The zero-order chi connectivity index (χ0) is 31.3. The first-order valence-electron chi connectivity index (χ1n) is 14.4. The summed E-state index contributed by atoms with van der Waals surface area (Å²) in [6, 6.07) is 30.6. The molecule has 7 heteroatoms. The molecule has 0 saturated carbocycles. The Kier molecular flexibility index (Phi) is 7.40. The minimum absolute atomic E-state index is 0.262. The van der Waals surface area contributed by atoms with Crippen molar-refractivity contribution in [2.24, 2.45) is 0 Å². The average molecular weight is 603 g/mol. The molecule has 2 aliphatic rings. The van der Waals surface area contributed by atoms with Crippen LogP contribution in [0, 0.1) is 27.7 Å². The Morgan fingerprint density at radius 3 is 2.20 bits per heavy atom. The van der Waals surface area contributed by atoms with Gasteiger partial charge in [-0.3, -0.25) is 0 Å². The Bertz CT molecular complexity index is 2230. The predicted molar refractivity (Wildman–Crippen MR) is 177 cm³/mol. The third-order valence-corrected chi connectivity index (χ3v) is 9.66. The molecule has 44 heavy (non-hydrogen) atoms. The SMILES string of the molecule is Cc1cccc(N(C)c2ccc3c(-c4ccccc4S(=O)(=O)[O-])c4ccc(=[N+](C)c5cccc(C)c5C)cc-4oc3c2)c1C. The quantitative estimate of drug-likeness (QED) is 0.114. The molecule has 4 aromatic rings. The average Bonchev–Trinajstić information content (AvgIpc) is 3.01. The lowest BCUT2D eigenvalue weighted by atomic mass is 9.93. The summed E-state index contributed by atoms with van der Waals surface area (Å²) < 4.78 is 46.0. The van der Waals surface area contributed by atoms with Crippen LogP contribution in [0.3, 0.4) is 0 Å². The van der Waals surface area contributed by atoms with Crippen LogP contribution in [-0.2, 0) is 10.1 Å². The molecule has 0 atom stereocenters. The Labute approximate surface area is 258 Å². The van der Waals surface area contributed by atoms with Gasteiger partial charge in [0.25, 0.3) is 0 Å². The monoisotopic (exact) mass is 602 g/mol. The van der Waals surface area contributed by atoms with Gasteiger partial charge in [-0.15, -0.1) is 0 Å². The molecule has 222 valence electrons. The number of rotatable bonds is 5. The molecule has 0 N–H and O–H groups in total. The number of nitrogens with zero attached hydrogens (tertiary/aromatic N) is 2. The fourth-order valence-electron chi connectivity index (χ4n) is 5.94. The molecule has 0 radical (unpaired) electrons. The summed E-state index contributed by atoms with van der Waals surface area (Å²) in [4.78, 5) is 1.85. The van der Waals surface area contributed by atoms with Crippen molar-refractivity contribution in [3.8, 4) is 22.5 Å². The molecule has 0 spiro atoms. The zero-order valence-electron chi connectivity index (χ0n) is 25.7. The second-order valence-electron chi connectivity index (χ2n) is 11.3. The lowest BCUT2D eigenvalue weighted by Crippen LogP contribution is -2.22. The Balaban J connectivity index is 1.67. The molecule has 0 unspecified atom stereocenters. The Hall–Kier alpha value is -4.72. The minimum atomic E-state index is -4.75. The highest BCUT2D eigenvalue weighted by Gasteiger charge is 2.23. The molecule has 1 aliphatic heterocycles. The van der Waals surface area contributed by atoms with Crippen LogP contribution in [0.4, 0.5) is 17.1 Å². The molecule has 0 bridgehead atoms. The van der Waals surface area contributed by atoms with Crippen molar-refractivity contribution >= 4 is 38.1 Å². The summed E-state index contributed by atoms with van der Waals surface area (Å²) in [6.45, 7) is 8.39. The first-order chi connectivity index (χ1) is 21.0. The largest absolute Gasteiger partial charge is 0.744 e. The van der Waals surface area contributed by atoms with Crippen molar-refractivity contribution in [1.29, 1.82) is 0 Å². The highest BCUT2D eigenvalue weighted by atomic mass is 32.2. The van der Waals surface area contributed by atoms with Crippen LogP contribution in [0.1, 0.15) is 22.3 Å². The van der Waals surface area contributed by atoms with Crippen molar-refractivity contribution in [2.45, 2.75) is 32.6 Å². The van der Waals surface area contributed by atoms with Gasteiger partial charge in [-0.1, -0.05) is 42.5 Å². The normalized spacial score (nSPS) is 12.5. The molecule has 6 nitrogen and oxygen atoms in total. The fraction of sp³-hybridized carbons (Fsp3) is 0.162. The number of benzene rings is 5. The fourth-order valence-corrected chi connectivity index (χ4v) is 6.63. The molecule has 6 rings (SSSR count). The van der Waals surface area contributed by atoms with Crippen LogP contribution in [0.25, 0.3) is 33.4 Å². The topological polar surface area (TPSA) is 76.6 Å². The third kappa shape index (κ3) is 5.08. The van der Waals surface area contributed by atoms with Gasteiger partial charge in [0.2, 0.25) is 11.0 Å². The molecule has 0 fully saturated rings. The van der Waals surface area contributed by atoms with E-state index in [1.165, 1.54) is 28.3 Å².